The fourth-order valence-corrected chi connectivity index (χ4v) is 4.79. The Bertz CT molecular complexity index is 1290. The van der Waals surface area contributed by atoms with E-state index in [2.05, 4.69) is 91.4 Å². The standard InChI is InChI=1S/C24H20N2S/c1-24(2,3)18-10-8-15(9-11-18)21-23-22(26-14-25-21)19-12-16-6-4-5-7-17(16)13-20(19)27-23/h4-14H,1-3H3. The van der Waals surface area contributed by atoms with Crippen LogP contribution in [0.4, 0.5) is 0 Å². The van der Waals surface area contributed by atoms with E-state index in [1.807, 2.05) is 0 Å². The first kappa shape index (κ1) is 16.4. The summed E-state index contributed by atoms with van der Waals surface area (Å²) in [6.07, 6.45) is 1.69. The summed E-state index contributed by atoms with van der Waals surface area (Å²) in [5.74, 6) is 0. The molecule has 0 bridgehead atoms. The van der Waals surface area contributed by atoms with Crippen molar-refractivity contribution in [3.05, 3.63) is 72.6 Å². The second-order valence-corrected chi connectivity index (χ2v) is 9.08. The van der Waals surface area contributed by atoms with Gasteiger partial charge in [0, 0.05) is 15.6 Å². The molecule has 5 rings (SSSR count). The first-order valence-electron chi connectivity index (χ1n) is 9.18. The van der Waals surface area contributed by atoms with Gasteiger partial charge in [-0.15, -0.1) is 11.3 Å². The van der Waals surface area contributed by atoms with Crippen molar-refractivity contribution >= 4 is 42.4 Å². The van der Waals surface area contributed by atoms with Crippen LogP contribution >= 0.6 is 11.3 Å². The van der Waals surface area contributed by atoms with E-state index < -0.39 is 0 Å². The maximum absolute atomic E-state index is 4.63. The zero-order valence-corrected chi connectivity index (χ0v) is 16.5. The average Bonchev–Trinajstić information content (AvgIpc) is 3.03. The number of nitrogens with zero attached hydrogens (tertiary/aromatic N) is 2. The number of aromatic nitrogens is 2. The Kier molecular flexibility index (Phi) is 3.56. The Labute approximate surface area is 162 Å². The van der Waals surface area contributed by atoms with Crippen LogP contribution < -0.4 is 0 Å². The molecule has 3 heteroatoms. The highest BCUT2D eigenvalue weighted by Crippen LogP contribution is 2.39. The van der Waals surface area contributed by atoms with Gasteiger partial charge in [0.1, 0.15) is 6.33 Å². The molecule has 132 valence electrons. The van der Waals surface area contributed by atoms with E-state index in [0.717, 1.165) is 21.5 Å². The first-order chi connectivity index (χ1) is 13.0. The zero-order valence-electron chi connectivity index (χ0n) is 15.7. The molecule has 0 aliphatic heterocycles. The summed E-state index contributed by atoms with van der Waals surface area (Å²) < 4.78 is 2.42. The van der Waals surface area contributed by atoms with E-state index in [1.54, 1.807) is 17.7 Å². The molecule has 0 aliphatic carbocycles. The molecule has 27 heavy (non-hydrogen) atoms. The molecule has 0 fully saturated rings. The van der Waals surface area contributed by atoms with E-state index in [-0.39, 0.29) is 5.41 Å². The molecule has 5 aromatic rings. The predicted octanol–water partition coefficient (Wildman–Crippen LogP) is 6.96. The third-order valence-electron chi connectivity index (χ3n) is 5.14. The van der Waals surface area contributed by atoms with Gasteiger partial charge in [-0.05, 0) is 33.9 Å². The SMILES string of the molecule is CC(C)(C)c1ccc(-c2ncnc3c2sc2cc4ccccc4cc23)cc1. The number of benzene rings is 3. The number of thiophene rings is 1. The van der Waals surface area contributed by atoms with Crippen LogP contribution in [0.1, 0.15) is 26.3 Å². The molecule has 0 aliphatic rings. The van der Waals surface area contributed by atoms with Crippen LogP contribution in [0, 0.1) is 0 Å². The van der Waals surface area contributed by atoms with Gasteiger partial charge >= 0.3 is 0 Å². The van der Waals surface area contributed by atoms with Crippen molar-refractivity contribution in [1.29, 1.82) is 0 Å². The molecular weight excluding hydrogens is 348 g/mol. The number of hydrogen-bond acceptors (Lipinski definition) is 3. The minimum absolute atomic E-state index is 0.150. The van der Waals surface area contributed by atoms with Crippen molar-refractivity contribution in [3.63, 3.8) is 0 Å². The highest BCUT2D eigenvalue weighted by molar-refractivity contribution is 7.26. The second kappa shape index (κ2) is 5.86. The molecule has 3 aromatic carbocycles. The average molecular weight is 369 g/mol. The molecule has 0 spiro atoms. The minimum Gasteiger partial charge on any atom is -0.235 e. The predicted molar refractivity (Wildman–Crippen MR) is 117 cm³/mol. The lowest BCUT2D eigenvalue weighted by Gasteiger charge is -2.19. The van der Waals surface area contributed by atoms with E-state index in [4.69, 9.17) is 0 Å². The summed E-state index contributed by atoms with van der Waals surface area (Å²) in [6.45, 7) is 6.71. The van der Waals surface area contributed by atoms with Crippen molar-refractivity contribution in [2.24, 2.45) is 0 Å². The van der Waals surface area contributed by atoms with Gasteiger partial charge in [-0.3, -0.25) is 0 Å². The number of hydrogen-bond donors (Lipinski definition) is 0. The molecular formula is C24H20N2S. The minimum atomic E-state index is 0.150. The fourth-order valence-electron chi connectivity index (χ4n) is 3.59. The van der Waals surface area contributed by atoms with E-state index in [9.17, 15) is 0 Å². The van der Waals surface area contributed by atoms with Gasteiger partial charge in [0.05, 0.1) is 15.9 Å². The van der Waals surface area contributed by atoms with Crippen molar-refractivity contribution in [2.75, 3.05) is 0 Å². The normalized spacial score (nSPS) is 12.3. The van der Waals surface area contributed by atoms with Crippen molar-refractivity contribution in [3.8, 4) is 11.3 Å². The highest BCUT2D eigenvalue weighted by atomic mass is 32.1. The Balaban J connectivity index is 1.74. The van der Waals surface area contributed by atoms with Crippen LogP contribution in [-0.4, -0.2) is 9.97 Å². The zero-order chi connectivity index (χ0) is 18.6. The van der Waals surface area contributed by atoms with Crippen molar-refractivity contribution in [2.45, 2.75) is 26.2 Å². The Morgan fingerprint density at radius 2 is 1.52 bits per heavy atom. The summed E-state index contributed by atoms with van der Waals surface area (Å²) in [5, 5.41) is 3.73. The summed E-state index contributed by atoms with van der Waals surface area (Å²) in [6, 6.07) is 21.8. The lowest BCUT2D eigenvalue weighted by atomic mass is 9.86. The Morgan fingerprint density at radius 3 is 2.22 bits per heavy atom. The third kappa shape index (κ3) is 2.70. The largest absolute Gasteiger partial charge is 0.235 e. The van der Waals surface area contributed by atoms with Gasteiger partial charge in [0.15, 0.2) is 0 Å². The molecule has 0 saturated carbocycles. The van der Waals surface area contributed by atoms with Crippen molar-refractivity contribution < 1.29 is 0 Å². The van der Waals surface area contributed by atoms with E-state index >= 15 is 0 Å². The van der Waals surface area contributed by atoms with Gasteiger partial charge in [-0.25, -0.2) is 9.97 Å². The van der Waals surface area contributed by atoms with Crippen LogP contribution in [0.3, 0.4) is 0 Å². The molecule has 0 saturated heterocycles. The molecule has 0 N–H and O–H groups in total. The third-order valence-corrected chi connectivity index (χ3v) is 6.29. The first-order valence-corrected chi connectivity index (χ1v) is 9.99. The summed E-state index contributed by atoms with van der Waals surface area (Å²) in [5.41, 5.74) is 4.69. The van der Waals surface area contributed by atoms with Gasteiger partial charge < -0.3 is 0 Å². The molecule has 0 unspecified atom stereocenters. The lowest BCUT2D eigenvalue weighted by molar-refractivity contribution is 0.590. The second-order valence-electron chi connectivity index (χ2n) is 8.02. The quantitative estimate of drug-likeness (QED) is 0.319. The Morgan fingerprint density at radius 1 is 0.815 bits per heavy atom. The smallest absolute Gasteiger partial charge is 0.116 e. The topological polar surface area (TPSA) is 25.8 Å². The molecule has 2 nitrogen and oxygen atoms in total. The fraction of sp³-hybridized carbons (Fsp3) is 0.167. The molecule has 0 amide bonds. The van der Waals surface area contributed by atoms with Crippen LogP contribution in [0.2, 0.25) is 0 Å². The maximum atomic E-state index is 4.63. The highest BCUT2D eigenvalue weighted by Gasteiger charge is 2.16. The number of rotatable bonds is 1. The van der Waals surface area contributed by atoms with Crippen LogP contribution in [0.5, 0.6) is 0 Å². The molecule has 2 heterocycles. The lowest BCUT2D eigenvalue weighted by Crippen LogP contribution is -2.10. The van der Waals surface area contributed by atoms with Gasteiger partial charge in [0.2, 0.25) is 0 Å². The van der Waals surface area contributed by atoms with Crippen LogP contribution in [0.25, 0.3) is 42.3 Å². The number of fused-ring (bicyclic) bond motifs is 4. The van der Waals surface area contributed by atoms with Gasteiger partial charge in [-0.2, -0.15) is 0 Å². The van der Waals surface area contributed by atoms with Crippen molar-refractivity contribution in [1.82, 2.24) is 9.97 Å². The van der Waals surface area contributed by atoms with E-state index in [0.29, 0.717) is 0 Å². The summed E-state index contributed by atoms with van der Waals surface area (Å²) >= 11 is 1.78. The summed E-state index contributed by atoms with van der Waals surface area (Å²) in [7, 11) is 0. The maximum Gasteiger partial charge on any atom is 0.116 e. The molecule has 0 radical (unpaired) electrons. The van der Waals surface area contributed by atoms with Crippen LogP contribution in [0.15, 0.2) is 67.0 Å². The molecule has 2 aromatic heterocycles. The van der Waals surface area contributed by atoms with Gasteiger partial charge in [-0.1, -0.05) is 69.3 Å². The van der Waals surface area contributed by atoms with Gasteiger partial charge in [0.25, 0.3) is 0 Å². The van der Waals surface area contributed by atoms with Crippen LogP contribution in [-0.2, 0) is 5.41 Å². The summed E-state index contributed by atoms with van der Waals surface area (Å²) in [4.78, 5) is 9.25. The Hall–Kier alpha value is -2.78. The molecule has 0 atom stereocenters. The van der Waals surface area contributed by atoms with E-state index in [1.165, 1.54) is 26.4 Å². The monoisotopic (exact) mass is 368 g/mol.